The summed E-state index contributed by atoms with van der Waals surface area (Å²) in [5.74, 6) is -2.12. The highest BCUT2D eigenvalue weighted by Gasteiger charge is 2.32. The van der Waals surface area contributed by atoms with Crippen molar-refractivity contribution in [3.8, 4) is 0 Å². The van der Waals surface area contributed by atoms with Gasteiger partial charge in [0.25, 0.3) is 10.0 Å². The van der Waals surface area contributed by atoms with Crippen LogP contribution in [0.1, 0.15) is 29.3 Å². The number of anilines is 1. The number of para-hydroxylation sites is 1. The molecule has 2 aromatic carbocycles. The van der Waals surface area contributed by atoms with Gasteiger partial charge in [-0.1, -0.05) is 43.7 Å². The number of aryl methyl sites for hydroxylation is 1. The summed E-state index contributed by atoms with van der Waals surface area (Å²) < 4.78 is 32.2. The minimum absolute atomic E-state index is 0.324. The van der Waals surface area contributed by atoms with Gasteiger partial charge in [0.2, 0.25) is 0 Å². The number of esters is 1. The first-order valence-corrected chi connectivity index (χ1v) is 9.76. The molecule has 0 aliphatic rings. The second kappa shape index (κ2) is 8.68. The lowest BCUT2D eigenvalue weighted by atomic mass is 10.1. The van der Waals surface area contributed by atoms with Crippen LogP contribution in [0.4, 0.5) is 5.69 Å². The zero-order valence-electron chi connectivity index (χ0n) is 15.1. The summed E-state index contributed by atoms with van der Waals surface area (Å²) in [7, 11) is -3.16. The predicted molar refractivity (Wildman–Crippen MR) is 100 cm³/mol. The van der Waals surface area contributed by atoms with Crippen LogP contribution in [0.3, 0.4) is 0 Å². The van der Waals surface area contributed by atoms with E-state index in [4.69, 9.17) is 0 Å². The number of hydrogen-bond acceptors (Lipinski definition) is 5. The zero-order chi connectivity index (χ0) is 20.0. The number of methoxy groups -OCH3 is 1. The fourth-order valence-corrected chi connectivity index (χ4v) is 4.34. The lowest BCUT2D eigenvalue weighted by molar-refractivity contribution is -0.138. The molecule has 0 spiro atoms. The summed E-state index contributed by atoms with van der Waals surface area (Å²) in [4.78, 5) is 23.0. The Bertz CT molecular complexity index is 939. The predicted octanol–water partition coefficient (Wildman–Crippen LogP) is 2.71. The van der Waals surface area contributed by atoms with Crippen molar-refractivity contribution in [1.29, 1.82) is 0 Å². The number of carbonyl (C=O) groups is 2. The number of benzene rings is 2. The van der Waals surface area contributed by atoms with Crippen molar-refractivity contribution in [1.82, 2.24) is 0 Å². The third kappa shape index (κ3) is 4.46. The Morgan fingerprint density at radius 2 is 1.70 bits per heavy atom. The van der Waals surface area contributed by atoms with Gasteiger partial charge in [0.1, 0.15) is 11.4 Å². The molecule has 2 rings (SSSR count). The Kier molecular flexibility index (Phi) is 6.57. The van der Waals surface area contributed by atoms with Crippen molar-refractivity contribution in [3.63, 3.8) is 0 Å². The molecule has 27 heavy (non-hydrogen) atoms. The number of sulfonamides is 1. The molecular weight excluding hydrogens is 370 g/mol. The van der Waals surface area contributed by atoms with Crippen molar-refractivity contribution < 1.29 is 27.9 Å². The van der Waals surface area contributed by atoms with Crippen LogP contribution >= 0.6 is 0 Å². The second-order valence-electron chi connectivity index (χ2n) is 5.77. The van der Waals surface area contributed by atoms with Crippen molar-refractivity contribution in [2.75, 3.05) is 18.0 Å². The van der Waals surface area contributed by atoms with E-state index < -0.39 is 28.5 Å². The maximum absolute atomic E-state index is 13.3. The van der Waals surface area contributed by atoms with Crippen molar-refractivity contribution >= 4 is 27.6 Å². The molecule has 0 atom stereocenters. The monoisotopic (exact) mass is 391 g/mol. The van der Waals surface area contributed by atoms with Gasteiger partial charge in [-0.2, -0.15) is 0 Å². The van der Waals surface area contributed by atoms with Crippen molar-refractivity contribution in [2.45, 2.75) is 24.7 Å². The lowest BCUT2D eigenvalue weighted by Crippen LogP contribution is -2.37. The molecule has 0 aliphatic carbocycles. The van der Waals surface area contributed by atoms with Crippen LogP contribution in [-0.4, -0.2) is 39.1 Å². The summed E-state index contributed by atoms with van der Waals surface area (Å²) in [6.07, 6.45) is 1.37. The lowest BCUT2D eigenvalue weighted by Gasteiger charge is -2.26. The van der Waals surface area contributed by atoms with Gasteiger partial charge in [0.05, 0.1) is 18.4 Å². The van der Waals surface area contributed by atoms with E-state index in [0.29, 0.717) is 12.1 Å². The first-order chi connectivity index (χ1) is 12.8. The highest BCUT2D eigenvalue weighted by Crippen LogP contribution is 2.29. The first kappa shape index (κ1) is 20.4. The molecule has 0 aliphatic heterocycles. The fourth-order valence-electron chi connectivity index (χ4n) is 2.70. The Balaban J connectivity index is 2.68. The summed E-state index contributed by atoms with van der Waals surface area (Å²) in [5, 5.41) is 9.37. The van der Waals surface area contributed by atoms with Gasteiger partial charge in [-0.15, -0.1) is 0 Å². The molecule has 0 amide bonds. The second-order valence-corrected chi connectivity index (χ2v) is 7.60. The molecule has 0 aromatic heterocycles. The van der Waals surface area contributed by atoms with Gasteiger partial charge in [-0.3, -0.25) is 9.10 Å². The molecule has 1 N–H and O–H groups in total. The van der Waals surface area contributed by atoms with Crippen molar-refractivity contribution in [3.05, 3.63) is 59.7 Å². The van der Waals surface area contributed by atoms with E-state index in [2.05, 4.69) is 4.74 Å². The van der Waals surface area contributed by atoms with E-state index in [0.717, 1.165) is 23.4 Å². The average Bonchev–Trinajstić information content (AvgIpc) is 2.66. The number of carbonyl (C=O) groups excluding carboxylic acids is 1. The Morgan fingerprint density at radius 1 is 1.07 bits per heavy atom. The number of carboxylic acid groups (broad SMARTS) is 1. The minimum atomic E-state index is -4.32. The molecule has 0 unspecified atom stereocenters. The Hall–Kier alpha value is -2.87. The standard InChI is InChI=1S/C19H21NO6S/c1-3-8-14-9-4-6-11-16(14)20(13-18(21)26-2)27(24,25)17-12-7-5-10-15(17)19(22)23/h4-7,9-12H,3,8,13H2,1-2H3,(H,22,23). The Labute approximate surface area is 158 Å². The smallest absolute Gasteiger partial charge is 0.337 e. The molecule has 0 fully saturated rings. The van der Waals surface area contributed by atoms with Gasteiger partial charge < -0.3 is 9.84 Å². The molecular formula is C19H21NO6S. The number of carboxylic acids is 1. The summed E-state index contributed by atoms with van der Waals surface area (Å²) in [6, 6.07) is 12.1. The number of nitrogens with zero attached hydrogens (tertiary/aromatic N) is 1. The van der Waals surface area contributed by atoms with Crippen LogP contribution in [0.2, 0.25) is 0 Å². The van der Waals surface area contributed by atoms with E-state index in [1.165, 1.54) is 24.3 Å². The summed E-state index contributed by atoms with van der Waals surface area (Å²) in [5.41, 5.74) is 0.700. The van der Waals surface area contributed by atoms with Gasteiger partial charge in [-0.25, -0.2) is 13.2 Å². The summed E-state index contributed by atoms with van der Waals surface area (Å²) in [6.45, 7) is 1.39. The molecule has 144 valence electrons. The SMILES string of the molecule is CCCc1ccccc1N(CC(=O)OC)S(=O)(=O)c1ccccc1C(=O)O. The summed E-state index contributed by atoms with van der Waals surface area (Å²) >= 11 is 0. The van der Waals surface area contributed by atoms with Gasteiger partial charge in [0.15, 0.2) is 0 Å². The van der Waals surface area contributed by atoms with E-state index in [1.807, 2.05) is 6.92 Å². The van der Waals surface area contributed by atoms with Crippen LogP contribution in [0.5, 0.6) is 0 Å². The zero-order valence-corrected chi connectivity index (χ0v) is 15.9. The normalized spacial score (nSPS) is 11.0. The van der Waals surface area contributed by atoms with Gasteiger partial charge >= 0.3 is 11.9 Å². The largest absolute Gasteiger partial charge is 0.478 e. The first-order valence-electron chi connectivity index (χ1n) is 8.32. The third-order valence-corrected chi connectivity index (χ3v) is 5.78. The molecule has 7 nitrogen and oxygen atoms in total. The molecule has 8 heteroatoms. The maximum atomic E-state index is 13.3. The molecule has 0 bridgehead atoms. The highest BCUT2D eigenvalue weighted by molar-refractivity contribution is 7.93. The number of aromatic carboxylic acids is 1. The number of ether oxygens (including phenoxy) is 1. The molecule has 0 heterocycles. The van der Waals surface area contributed by atoms with Crippen LogP contribution in [-0.2, 0) is 26.0 Å². The van der Waals surface area contributed by atoms with Gasteiger partial charge in [0, 0.05) is 0 Å². The quantitative estimate of drug-likeness (QED) is 0.695. The highest BCUT2D eigenvalue weighted by atomic mass is 32.2. The number of hydrogen-bond donors (Lipinski definition) is 1. The van der Waals surface area contributed by atoms with Crippen LogP contribution in [0.15, 0.2) is 53.4 Å². The molecule has 2 aromatic rings. The molecule has 0 saturated heterocycles. The van der Waals surface area contributed by atoms with E-state index in [9.17, 15) is 23.1 Å². The van der Waals surface area contributed by atoms with Crippen molar-refractivity contribution in [2.24, 2.45) is 0 Å². The van der Waals surface area contributed by atoms with E-state index in [1.54, 1.807) is 24.3 Å². The topological polar surface area (TPSA) is 101 Å². The number of rotatable bonds is 8. The molecule has 0 saturated carbocycles. The van der Waals surface area contributed by atoms with E-state index >= 15 is 0 Å². The third-order valence-electron chi connectivity index (χ3n) is 3.97. The average molecular weight is 391 g/mol. The van der Waals surface area contributed by atoms with Crippen LogP contribution in [0, 0.1) is 0 Å². The van der Waals surface area contributed by atoms with Crippen LogP contribution in [0.25, 0.3) is 0 Å². The van der Waals surface area contributed by atoms with E-state index in [-0.39, 0.29) is 10.5 Å². The van der Waals surface area contributed by atoms with Gasteiger partial charge in [-0.05, 0) is 30.2 Å². The van der Waals surface area contributed by atoms with Crippen LogP contribution < -0.4 is 4.31 Å². The maximum Gasteiger partial charge on any atom is 0.337 e. The molecule has 0 radical (unpaired) electrons. The minimum Gasteiger partial charge on any atom is -0.478 e. The fraction of sp³-hybridized carbons (Fsp3) is 0.263. The Morgan fingerprint density at radius 3 is 2.33 bits per heavy atom.